The zero-order valence-corrected chi connectivity index (χ0v) is 11.9. The molecule has 126 valence electrons. The summed E-state index contributed by atoms with van der Waals surface area (Å²) in [7, 11) is 0. The van der Waals surface area contributed by atoms with Gasteiger partial charge >= 0.3 is 11.9 Å². The fraction of sp³-hybridized carbons (Fsp3) is 0.143. The highest BCUT2D eigenvalue weighted by Gasteiger charge is 2.28. The average Bonchev–Trinajstić information content (AvgIpc) is 2.90. The van der Waals surface area contributed by atoms with Crippen molar-refractivity contribution in [1.82, 2.24) is 9.55 Å². The number of phenols is 1. The van der Waals surface area contributed by atoms with Crippen LogP contribution in [0, 0.1) is 10.1 Å². The molecule has 24 heavy (non-hydrogen) atoms. The van der Waals surface area contributed by atoms with E-state index in [2.05, 4.69) is 4.98 Å². The topological polar surface area (TPSA) is 98.3 Å². The number of rotatable bonds is 5. The molecule has 0 spiro atoms. The molecule has 0 amide bonds. The molecule has 0 bridgehead atoms. The third-order valence-corrected chi connectivity index (χ3v) is 2.94. The third kappa shape index (κ3) is 4.18. The maximum absolute atomic E-state index is 12.4. The van der Waals surface area contributed by atoms with Crippen molar-refractivity contribution in [1.29, 1.82) is 0 Å². The number of nitro groups is 1. The predicted molar refractivity (Wildman–Crippen MR) is 76.4 cm³/mol. The Morgan fingerprint density at radius 3 is 2.75 bits per heavy atom. The van der Waals surface area contributed by atoms with E-state index in [1.807, 2.05) is 0 Å². The van der Waals surface area contributed by atoms with E-state index in [-0.39, 0.29) is 11.4 Å². The number of halogens is 3. The van der Waals surface area contributed by atoms with E-state index >= 15 is 0 Å². The second kappa shape index (κ2) is 6.52. The molecule has 0 atom stereocenters. The maximum Gasteiger partial charge on any atom is 0.406 e. The Balaban J connectivity index is 2.22. The number of phenolic OH excluding ortho intramolecular Hbond substituents is 1. The molecule has 1 N–H and O–H groups in total. The van der Waals surface area contributed by atoms with Gasteiger partial charge in [0.25, 0.3) is 0 Å². The van der Waals surface area contributed by atoms with E-state index in [1.165, 1.54) is 0 Å². The van der Waals surface area contributed by atoms with Crippen molar-refractivity contribution < 1.29 is 28.0 Å². The highest BCUT2D eigenvalue weighted by atomic mass is 19.4. The van der Waals surface area contributed by atoms with E-state index < -0.39 is 34.9 Å². The van der Waals surface area contributed by atoms with Crippen LogP contribution in [0.1, 0.15) is 16.2 Å². The highest BCUT2D eigenvalue weighted by molar-refractivity contribution is 6.07. The van der Waals surface area contributed by atoms with Crippen LogP contribution >= 0.6 is 0 Å². The van der Waals surface area contributed by atoms with Crippen molar-refractivity contribution in [2.45, 2.75) is 12.7 Å². The zero-order chi connectivity index (χ0) is 17.9. The molecule has 0 aliphatic carbocycles. The summed E-state index contributed by atoms with van der Waals surface area (Å²) in [6, 6.07) is 3.03. The van der Waals surface area contributed by atoms with Crippen LogP contribution in [0.4, 0.5) is 18.9 Å². The Hall–Kier alpha value is -3.17. The lowest BCUT2D eigenvalue weighted by molar-refractivity contribution is -0.385. The van der Waals surface area contributed by atoms with Gasteiger partial charge in [-0.1, -0.05) is 0 Å². The van der Waals surface area contributed by atoms with Crippen LogP contribution < -0.4 is 0 Å². The van der Waals surface area contributed by atoms with E-state index in [0.29, 0.717) is 0 Å². The number of hydrogen-bond donors (Lipinski definition) is 1. The SMILES string of the molecule is O=C(C=Cc1nccn1CC(F)(F)F)c1ccc(O)c([N+](=O)[O-])c1. The minimum atomic E-state index is -4.44. The summed E-state index contributed by atoms with van der Waals surface area (Å²) in [5.74, 6) is -1.37. The third-order valence-electron chi connectivity index (χ3n) is 2.94. The smallest absolute Gasteiger partial charge is 0.406 e. The van der Waals surface area contributed by atoms with Crippen LogP contribution in [0.2, 0.25) is 0 Å². The van der Waals surface area contributed by atoms with E-state index in [4.69, 9.17) is 0 Å². The fourth-order valence-electron chi connectivity index (χ4n) is 1.88. The van der Waals surface area contributed by atoms with Gasteiger partial charge in [-0.05, 0) is 24.3 Å². The summed E-state index contributed by atoms with van der Waals surface area (Å²) in [4.78, 5) is 25.5. The lowest BCUT2D eigenvalue weighted by Gasteiger charge is -2.08. The number of imidazole rings is 1. The Morgan fingerprint density at radius 1 is 1.42 bits per heavy atom. The number of alkyl halides is 3. The number of carbonyl (C=O) groups is 1. The first-order valence-corrected chi connectivity index (χ1v) is 6.45. The summed E-state index contributed by atoms with van der Waals surface area (Å²) in [6.07, 6.45) is -0.146. The number of aromatic nitrogens is 2. The van der Waals surface area contributed by atoms with Crippen LogP contribution in [-0.2, 0) is 6.54 Å². The largest absolute Gasteiger partial charge is 0.502 e. The molecule has 0 aliphatic heterocycles. The lowest BCUT2D eigenvalue weighted by atomic mass is 10.1. The molecule has 0 unspecified atom stereocenters. The number of nitrogens with zero attached hydrogens (tertiary/aromatic N) is 3. The molecular formula is C14H10F3N3O4. The second-order valence-corrected chi connectivity index (χ2v) is 4.69. The molecule has 0 aliphatic rings. The van der Waals surface area contributed by atoms with Crippen LogP contribution in [0.3, 0.4) is 0 Å². The minimum absolute atomic E-state index is 0.0889. The van der Waals surface area contributed by atoms with E-state index in [1.54, 1.807) is 0 Å². The molecule has 10 heteroatoms. The van der Waals surface area contributed by atoms with Gasteiger partial charge < -0.3 is 9.67 Å². The molecule has 0 radical (unpaired) electrons. The van der Waals surface area contributed by atoms with Gasteiger partial charge in [-0.3, -0.25) is 14.9 Å². The summed E-state index contributed by atoms with van der Waals surface area (Å²) in [6.45, 7) is -1.26. The normalized spacial score (nSPS) is 11.8. The van der Waals surface area contributed by atoms with Gasteiger partial charge in [-0.2, -0.15) is 13.2 Å². The molecule has 1 aromatic carbocycles. The number of aromatic hydroxyl groups is 1. The molecule has 0 saturated heterocycles. The summed E-state index contributed by atoms with van der Waals surface area (Å²) in [5, 5.41) is 20.0. The van der Waals surface area contributed by atoms with E-state index in [9.17, 15) is 33.2 Å². The predicted octanol–water partition coefficient (Wildman–Crippen LogP) is 2.96. The molecule has 1 aromatic heterocycles. The highest BCUT2D eigenvalue weighted by Crippen LogP contribution is 2.26. The van der Waals surface area contributed by atoms with Crippen molar-refractivity contribution in [2.75, 3.05) is 0 Å². The Labute approximate surface area is 132 Å². The first kappa shape index (κ1) is 17.2. The summed E-state index contributed by atoms with van der Waals surface area (Å²) >= 11 is 0. The summed E-state index contributed by atoms with van der Waals surface area (Å²) in [5.41, 5.74) is -0.738. The molecule has 0 fully saturated rings. The van der Waals surface area contributed by atoms with Gasteiger partial charge in [-0.15, -0.1) is 0 Å². The second-order valence-electron chi connectivity index (χ2n) is 4.69. The summed E-state index contributed by atoms with van der Waals surface area (Å²) < 4.78 is 38.0. The van der Waals surface area contributed by atoms with Crippen molar-refractivity contribution >= 4 is 17.5 Å². The average molecular weight is 341 g/mol. The standard InChI is InChI=1S/C14H10F3N3O4/c15-14(16,17)8-19-6-5-18-13(19)4-3-11(21)9-1-2-12(22)10(7-9)20(23)24/h1-7,22H,8H2. The number of allylic oxidation sites excluding steroid dienone is 1. The maximum atomic E-state index is 12.4. The first-order chi connectivity index (χ1) is 11.2. The number of nitro benzene ring substituents is 1. The van der Waals surface area contributed by atoms with Gasteiger partial charge in [0, 0.05) is 24.0 Å². The van der Waals surface area contributed by atoms with Crippen LogP contribution in [0.5, 0.6) is 5.75 Å². The van der Waals surface area contributed by atoms with Crippen molar-refractivity contribution in [3.63, 3.8) is 0 Å². The van der Waals surface area contributed by atoms with Gasteiger partial charge in [-0.25, -0.2) is 4.98 Å². The lowest BCUT2D eigenvalue weighted by Crippen LogP contribution is -2.18. The number of hydrogen-bond acceptors (Lipinski definition) is 5. The molecule has 7 nitrogen and oxygen atoms in total. The zero-order valence-electron chi connectivity index (χ0n) is 11.9. The number of carbonyl (C=O) groups excluding carboxylic acids is 1. The molecular weight excluding hydrogens is 331 g/mol. The van der Waals surface area contributed by atoms with E-state index in [0.717, 1.165) is 47.3 Å². The van der Waals surface area contributed by atoms with Crippen molar-refractivity contribution in [3.05, 3.63) is 58.2 Å². The Kier molecular flexibility index (Phi) is 4.67. The van der Waals surface area contributed by atoms with Crippen molar-refractivity contribution in [3.8, 4) is 5.75 Å². The monoisotopic (exact) mass is 341 g/mol. The van der Waals surface area contributed by atoms with Crippen LogP contribution in [0.15, 0.2) is 36.7 Å². The minimum Gasteiger partial charge on any atom is -0.502 e. The number of benzene rings is 1. The van der Waals surface area contributed by atoms with Gasteiger partial charge in [0.1, 0.15) is 12.4 Å². The molecule has 1 heterocycles. The van der Waals surface area contributed by atoms with Gasteiger partial charge in [0.15, 0.2) is 11.5 Å². The Morgan fingerprint density at radius 2 is 2.12 bits per heavy atom. The molecule has 2 rings (SSSR count). The van der Waals surface area contributed by atoms with Crippen LogP contribution in [-0.4, -0.2) is 31.5 Å². The van der Waals surface area contributed by atoms with Gasteiger partial charge in [0.05, 0.1) is 4.92 Å². The first-order valence-electron chi connectivity index (χ1n) is 6.45. The molecule has 2 aromatic rings. The van der Waals surface area contributed by atoms with Gasteiger partial charge in [0.2, 0.25) is 0 Å². The number of ketones is 1. The fourth-order valence-corrected chi connectivity index (χ4v) is 1.88. The molecule has 0 saturated carbocycles. The van der Waals surface area contributed by atoms with Crippen molar-refractivity contribution in [2.24, 2.45) is 0 Å². The quantitative estimate of drug-likeness (QED) is 0.390. The Bertz CT molecular complexity index is 812. The van der Waals surface area contributed by atoms with Crippen LogP contribution in [0.25, 0.3) is 6.08 Å².